The van der Waals surface area contributed by atoms with Gasteiger partial charge in [-0.1, -0.05) is 12.1 Å². The Morgan fingerprint density at radius 3 is 2.81 bits per heavy atom. The van der Waals surface area contributed by atoms with E-state index >= 15 is 0 Å². The Kier molecular flexibility index (Phi) is 3.27. The molecule has 88 valence electrons. The number of halogens is 1. The molecule has 1 aliphatic rings. The molecule has 0 radical (unpaired) electrons. The van der Waals surface area contributed by atoms with E-state index in [0.717, 1.165) is 19.6 Å². The van der Waals surface area contributed by atoms with Crippen molar-refractivity contribution in [1.82, 2.24) is 5.32 Å². The van der Waals surface area contributed by atoms with E-state index < -0.39 is 0 Å². The summed E-state index contributed by atoms with van der Waals surface area (Å²) in [5.74, 6) is 0. The van der Waals surface area contributed by atoms with Crippen molar-refractivity contribution in [3.8, 4) is 0 Å². The normalized spacial score (nSPS) is 19.9. The summed E-state index contributed by atoms with van der Waals surface area (Å²) in [5.41, 5.74) is 2.81. The smallest absolute Gasteiger partial charge is 0.0514 e. The molecule has 2 rings (SSSR count). The Morgan fingerprint density at radius 1 is 1.38 bits per heavy atom. The molecule has 0 unspecified atom stereocenters. The van der Waals surface area contributed by atoms with Gasteiger partial charge in [0, 0.05) is 29.6 Å². The summed E-state index contributed by atoms with van der Waals surface area (Å²) in [6.07, 6.45) is 0. The highest BCUT2D eigenvalue weighted by Crippen LogP contribution is 2.30. The lowest BCUT2D eigenvalue weighted by Gasteiger charge is -2.41. The van der Waals surface area contributed by atoms with E-state index in [1.807, 2.05) is 0 Å². The molecular weight excluding hydrogens is 264 g/mol. The maximum atomic E-state index is 3.69. The predicted octanol–water partition coefficient (Wildman–Crippen LogP) is 2.95. The van der Waals surface area contributed by atoms with Crippen molar-refractivity contribution in [2.24, 2.45) is 0 Å². The lowest BCUT2D eigenvalue weighted by molar-refractivity contribution is 0.353. The van der Waals surface area contributed by atoms with Gasteiger partial charge in [0.05, 0.1) is 5.69 Å². The first-order valence-electron chi connectivity index (χ1n) is 5.75. The molecule has 0 spiro atoms. The number of hydrogen-bond donors (Lipinski definition) is 1. The summed E-state index contributed by atoms with van der Waals surface area (Å²) >= 11 is 3.69. The Hall–Kier alpha value is -0.540. The minimum Gasteiger partial charge on any atom is -0.368 e. The van der Waals surface area contributed by atoms with Gasteiger partial charge in [0.15, 0.2) is 0 Å². The molecule has 0 bridgehead atoms. The average Bonchev–Trinajstić information content (AvgIpc) is 2.20. The number of rotatable bonds is 1. The molecule has 1 N–H and O–H groups in total. The third-order valence-electron chi connectivity index (χ3n) is 3.08. The first kappa shape index (κ1) is 11.9. The Morgan fingerprint density at radius 2 is 2.12 bits per heavy atom. The number of benzene rings is 1. The average molecular weight is 283 g/mol. The van der Waals surface area contributed by atoms with Crippen molar-refractivity contribution < 1.29 is 0 Å². The summed E-state index contributed by atoms with van der Waals surface area (Å²) in [7, 11) is 0. The van der Waals surface area contributed by atoms with Crippen LogP contribution in [0.5, 0.6) is 0 Å². The van der Waals surface area contributed by atoms with E-state index in [0.29, 0.717) is 0 Å². The quantitative estimate of drug-likeness (QED) is 0.852. The molecule has 0 aromatic heterocycles. The van der Waals surface area contributed by atoms with Crippen LogP contribution < -0.4 is 10.2 Å². The zero-order valence-corrected chi connectivity index (χ0v) is 11.8. The second kappa shape index (κ2) is 4.38. The molecule has 0 atom stereocenters. The summed E-state index contributed by atoms with van der Waals surface area (Å²) in [5, 5.41) is 3.54. The van der Waals surface area contributed by atoms with Crippen molar-refractivity contribution in [1.29, 1.82) is 0 Å². The molecular formula is C13H19BrN2. The van der Waals surface area contributed by atoms with Gasteiger partial charge < -0.3 is 10.2 Å². The Bertz CT molecular complexity index is 388. The van der Waals surface area contributed by atoms with Gasteiger partial charge in [-0.05, 0) is 48.3 Å². The van der Waals surface area contributed by atoms with E-state index in [9.17, 15) is 0 Å². The maximum absolute atomic E-state index is 3.69. The third kappa shape index (κ3) is 2.41. The summed E-state index contributed by atoms with van der Waals surface area (Å²) in [6.45, 7) is 9.82. The fourth-order valence-corrected chi connectivity index (χ4v) is 2.74. The van der Waals surface area contributed by atoms with Crippen LogP contribution in [-0.4, -0.2) is 25.2 Å². The lowest BCUT2D eigenvalue weighted by atomic mass is 10.0. The number of nitrogens with zero attached hydrogens (tertiary/aromatic N) is 1. The largest absolute Gasteiger partial charge is 0.368 e. The highest BCUT2D eigenvalue weighted by Gasteiger charge is 2.26. The van der Waals surface area contributed by atoms with Crippen molar-refractivity contribution in [2.75, 3.05) is 24.5 Å². The van der Waals surface area contributed by atoms with Crippen LogP contribution in [0, 0.1) is 6.92 Å². The first-order valence-corrected chi connectivity index (χ1v) is 6.54. The fourth-order valence-electron chi connectivity index (χ4n) is 2.22. The SMILES string of the molecule is Cc1cccc(N2CCNC(C)(C)C2)c1Br. The van der Waals surface area contributed by atoms with Gasteiger partial charge in [0.2, 0.25) is 0 Å². The highest BCUT2D eigenvalue weighted by atomic mass is 79.9. The minimum absolute atomic E-state index is 0.196. The minimum atomic E-state index is 0.196. The van der Waals surface area contributed by atoms with Crippen LogP contribution in [-0.2, 0) is 0 Å². The molecule has 0 saturated carbocycles. The molecule has 0 aliphatic carbocycles. The van der Waals surface area contributed by atoms with Gasteiger partial charge in [-0.15, -0.1) is 0 Å². The van der Waals surface area contributed by atoms with E-state index in [1.165, 1.54) is 15.7 Å². The maximum Gasteiger partial charge on any atom is 0.0514 e. The number of nitrogens with one attached hydrogen (secondary N) is 1. The zero-order chi connectivity index (χ0) is 11.8. The summed E-state index contributed by atoms with van der Waals surface area (Å²) in [6, 6.07) is 6.46. The monoisotopic (exact) mass is 282 g/mol. The summed E-state index contributed by atoms with van der Waals surface area (Å²) in [4.78, 5) is 2.45. The molecule has 1 heterocycles. The van der Waals surface area contributed by atoms with Crippen LogP contribution in [0.25, 0.3) is 0 Å². The molecule has 16 heavy (non-hydrogen) atoms. The standard InChI is InChI=1S/C13H19BrN2/c1-10-5-4-6-11(12(10)14)16-8-7-15-13(2,3)9-16/h4-6,15H,7-9H2,1-3H3. The first-order chi connectivity index (χ1) is 7.49. The Balaban J connectivity index is 2.27. The van der Waals surface area contributed by atoms with Gasteiger partial charge >= 0.3 is 0 Å². The third-order valence-corrected chi connectivity index (χ3v) is 4.12. The Labute approximate surface area is 106 Å². The van der Waals surface area contributed by atoms with E-state index in [-0.39, 0.29) is 5.54 Å². The van der Waals surface area contributed by atoms with Gasteiger partial charge in [0.25, 0.3) is 0 Å². The van der Waals surface area contributed by atoms with Crippen LogP contribution in [0.15, 0.2) is 22.7 Å². The predicted molar refractivity (Wildman–Crippen MR) is 73.2 cm³/mol. The van der Waals surface area contributed by atoms with E-state index in [1.54, 1.807) is 0 Å². The fraction of sp³-hybridized carbons (Fsp3) is 0.538. The van der Waals surface area contributed by atoms with E-state index in [2.05, 4.69) is 65.1 Å². The van der Waals surface area contributed by atoms with Gasteiger partial charge in [-0.2, -0.15) is 0 Å². The molecule has 1 fully saturated rings. The second-order valence-electron chi connectivity index (χ2n) is 5.14. The molecule has 1 aromatic rings. The number of aryl methyl sites for hydroxylation is 1. The van der Waals surface area contributed by atoms with E-state index in [4.69, 9.17) is 0 Å². The molecule has 3 heteroatoms. The lowest BCUT2D eigenvalue weighted by Crippen LogP contribution is -2.57. The van der Waals surface area contributed by atoms with Crippen molar-refractivity contribution in [3.05, 3.63) is 28.2 Å². The van der Waals surface area contributed by atoms with Crippen LogP contribution in [0.4, 0.5) is 5.69 Å². The summed E-state index contributed by atoms with van der Waals surface area (Å²) < 4.78 is 1.23. The van der Waals surface area contributed by atoms with Gasteiger partial charge in [0.1, 0.15) is 0 Å². The second-order valence-corrected chi connectivity index (χ2v) is 5.93. The number of piperazine rings is 1. The molecule has 1 saturated heterocycles. The molecule has 2 nitrogen and oxygen atoms in total. The van der Waals surface area contributed by atoms with Crippen molar-refractivity contribution in [3.63, 3.8) is 0 Å². The number of anilines is 1. The van der Waals surface area contributed by atoms with Gasteiger partial charge in [-0.25, -0.2) is 0 Å². The van der Waals surface area contributed by atoms with Crippen LogP contribution in [0.2, 0.25) is 0 Å². The molecule has 0 amide bonds. The van der Waals surface area contributed by atoms with Crippen LogP contribution in [0.3, 0.4) is 0 Å². The highest BCUT2D eigenvalue weighted by molar-refractivity contribution is 9.10. The van der Waals surface area contributed by atoms with Crippen molar-refractivity contribution >= 4 is 21.6 Å². The van der Waals surface area contributed by atoms with Crippen molar-refractivity contribution in [2.45, 2.75) is 26.3 Å². The van der Waals surface area contributed by atoms with Crippen LogP contribution >= 0.6 is 15.9 Å². The van der Waals surface area contributed by atoms with Crippen LogP contribution in [0.1, 0.15) is 19.4 Å². The molecule has 1 aromatic carbocycles. The van der Waals surface area contributed by atoms with Gasteiger partial charge in [-0.3, -0.25) is 0 Å². The molecule has 1 aliphatic heterocycles. The number of hydrogen-bond acceptors (Lipinski definition) is 2. The topological polar surface area (TPSA) is 15.3 Å². The zero-order valence-electron chi connectivity index (χ0n) is 10.2.